The predicted octanol–water partition coefficient (Wildman–Crippen LogP) is 4.98. The van der Waals surface area contributed by atoms with Gasteiger partial charge < -0.3 is 10.5 Å². The lowest BCUT2D eigenvalue weighted by Gasteiger charge is -2.16. The van der Waals surface area contributed by atoms with Crippen molar-refractivity contribution in [3.05, 3.63) is 54.6 Å². The van der Waals surface area contributed by atoms with Crippen molar-refractivity contribution >= 4 is 10.8 Å². The molecule has 0 spiro atoms. The lowest BCUT2D eigenvalue weighted by molar-refractivity contribution is 0.305. The third kappa shape index (κ3) is 4.08. The van der Waals surface area contributed by atoms with Crippen LogP contribution in [0.2, 0.25) is 0 Å². The molecule has 0 aromatic heterocycles. The molecule has 2 heteroatoms. The molecule has 21 heavy (non-hydrogen) atoms. The van der Waals surface area contributed by atoms with E-state index in [9.17, 15) is 0 Å². The van der Waals surface area contributed by atoms with Gasteiger partial charge in [0.25, 0.3) is 0 Å². The second-order valence-corrected chi connectivity index (χ2v) is 5.48. The highest BCUT2D eigenvalue weighted by Crippen LogP contribution is 2.33. The monoisotopic (exact) mass is 283 g/mol. The maximum atomic E-state index is 6.09. The summed E-state index contributed by atoms with van der Waals surface area (Å²) < 4.78 is 6.09. The van der Waals surface area contributed by atoms with E-state index in [4.69, 9.17) is 10.5 Å². The van der Waals surface area contributed by atoms with Gasteiger partial charge in [0.1, 0.15) is 5.75 Å². The molecule has 1 atom stereocenters. The van der Waals surface area contributed by atoms with E-state index >= 15 is 0 Å². The SMILES string of the molecule is C=CCCCCCOc1c([C@H](C)N)ccc2ccccc12. The minimum Gasteiger partial charge on any atom is -0.493 e. The van der Waals surface area contributed by atoms with Gasteiger partial charge in [0.05, 0.1) is 6.61 Å². The smallest absolute Gasteiger partial charge is 0.131 e. The van der Waals surface area contributed by atoms with E-state index in [1.807, 2.05) is 25.1 Å². The van der Waals surface area contributed by atoms with Crippen LogP contribution < -0.4 is 10.5 Å². The number of fused-ring (bicyclic) bond motifs is 1. The number of unbranched alkanes of at least 4 members (excludes halogenated alkanes) is 3. The summed E-state index contributed by atoms with van der Waals surface area (Å²) in [6, 6.07) is 12.5. The summed E-state index contributed by atoms with van der Waals surface area (Å²) in [4.78, 5) is 0. The molecule has 0 fully saturated rings. The van der Waals surface area contributed by atoms with E-state index in [-0.39, 0.29) is 6.04 Å². The van der Waals surface area contributed by atoms with Crippen LogP contribution in [-0.2, 0) is 0 Å². The zero-order valence-corrected chi connectivity index (χ0v) is 12.8. The van der Waals surface area contributed by atoms with Crippen molar-refractivity contribution in [2.45, 2.75) is 38.6 Å². The molecule has 2 aromatic carbocycles. The molecular weight excluding hydrogens is 258 g/mol. The largest absolute Gasteiger partial charge is 0.493 e. The molecule has 0 heterocycles. The lowest BCUT2D eigenvalue weighted by Crippen LogP contribution is -2.09. The van der Waals surface area contributed by atoms with Gasteiger partial charge in [-0.1, -0.05) is 42.5 Å². The standard InChI is InChI=1S/C19H25NO/c1-3-4-5-6-9-14-21-19-17(15(2)20)13-12-16-10-7-8-11-18(16)19/h3,7-8,10-13,15H,1,4-6,9,14,20H2,2H3/t15-/m0/s1. The molecule has 2 rings (SSSR count). The first kappa shape index (κ1) is 15.6. The normalized spacial score (nSPS) is 12.3. The fraction of sp³-hybridized carbons (Fsp3) is 0.368. The summed E-state index contributed by atoms with van der Waals surface area (Å²) in [5.74, 6) is 0.951. The average Bonchev–Trinajstić information content (AvgIpc) is 2.50. The van der Waals surface area contributed by atoms with E-state index in [1.54, 1.807) is 0 Å². The predicted molar refractivity (Wildman–Crippen MR) is 90.7 cm³/mol. The quantitative estimate of drug-likeness (QED) is 0.547. The fourth-order valence-corrected chi connectivity index (χ4v) is 2.52. The van der Waals surface area contributed by atoms with E-state index in [2.05, 4.69) is 30.8 Å². The molecular formula is C19H25NO. The Morgan fingerprint density at radius 1 is 1.14 bits per heavy atom. The molecule has 112 valence electrons. The van der Waals surface area contributed by atoms with Gasteiger partial charge in [0, 0.05) is 17.0 Å². The van der Waals surface area contributed by atoms with Crippen LogP contribution in [-0.4, -0.2) is 6.61 Å². The molecule has 0 bridgehead atoms. The first-order valence-corrected chi connectivity index (χ1v) is 7.75. The van der Waals surface area contributed by atoms with Crippen molar-refractivity contribution in [3.63, 3.8) is 0 Å². The van der Waals surface area contributed by atoms with Gasteiger partial charge >= 0.3 is 0 Å². The van der Waals surface area contributed by atoms with Gasteiger partial charge in [-0.05, 0) is 38.0 Å². The van der Waals surface area contributed by atoms with Crippen molar-refractivity contribution in [2.24, 2.45) is 5.73 Å². The summed E-state index contributed by atoms with van der Waals surface area (Å²) >= 11 is 0. The van der Waals surface area contributed by atoms with Crippen LogP contribution in [0.15, 0.2) is 49.1 Å². The van der Waals surface area contributed by atoms with Crippen LogP contribution in [0.4, 0.5) is 0 Å². The number of benzene rings is 2. The van der Waals surface area contributed by atoms with Crippen LogP contribution in [0.25, 0.3) is 10.8 Å². The molecule has 2 nitrogen and oxygen atoms in total. The molecule has 2 aromatic rings. The van der Waals surface area contributed by atoms with E-state index in [0.29, 0.717) is 0 Å². The number of nitrogens with two attached hydrogens (primary N) is 1. The number of hydrogen-bond acceptors (Lipinski definition) is 2. The van der Waals surface area contributed by atoms with Crippen molar-refractivity contribution < 1.29 is 4.74 Å². The first-order chi connectivity index (χ1) is 10.2. The van der Waals surface area contributed by atoms with Crippen LogP contribution in [0.3, 0.4) is 0 Å². The van der Waals surface area contributed by atoms with Crippen LogP contribution in [0.5, 0.6) is 5.75 Å². The van der Waals surface area contributed by atoms with Gasteiger partial charge in [-0.3, -0.25) is 0 Å². The number of hydrogen-bond donors (Lipinski definition) is 1. The summed E-state index contributed by atoms with van der Waals surface area (Å²) in [6.45, 7) is 6.49. The van der Waals surface area contributed by atoms with Gasteiger partial charge in [-0.15, -0.1) is 6.58 Å². The van der Waals surface area contributed by atoms with Gasteiger partial charge in [-0.2, -0.15) is 0 Å². The number of allylic oxidation sites excluding steroid dienone is 1. The Morgan fingerprint density at radius 2 is 1.95 bits per heavy atom. The van der Waals surface area contributed by atoms with Gasteiger partial charge in [0.15, 0.2) is 0 Å². The highest BCUT2D eigenvalue weighted by Gasteiger charge is 2.11. The van der Waals surface area contributed by atoms with Crippen molar-refractivity contribution in [1.29, 1.82) is 0 Å². The molecule has 0 unspecified atom stereocenters. The van der Waals surface area contributed by atoms with E-state index < -0.39 is 0 Å². The number of ether oxygens (including phenoxy) is 1. The third-order valence-electron chi connectivity index (χ3n) is 3.70. The maximum Gasteiger partial charge on any atom is 0.131 e. The molecule has 2 N–H and O–H groups in total. The summed E-state index contributed by atoms with van der Waals surface area (Å²) in [6.07, 6.45) is 6.47. The second-order valence-electron chi connectivity index (χ2n) is 5.48. The van der Waals surface area contributed by atoms with Gasteiger partial charge in [0.2, 0.25) is 0 Å². The third-order valence-corrected chi connectivity index (χ3v) is 3.70. The summed E-state index contributed by atoms with van der Waals surface area (Å²) in [5, 5.41) is 2.35. The zero-order chi connectivity index (χ0) is 15.1. The molecule has 0 amide bonds. The Morgan fingerprint density at radius 3 is 2.71 bits per heavy atom. The van der Waals surface area contributed by atoms with Crippen LogP contribution in [0.1, 0.15) is 44.2 Å². The van der Waals surface area contributed by atoms with E-state index in [0.717, 1.165) is 36.1 Å². The first-order valence-electron chi connectivity index (χ1n) is 7.75. The molecule has 0 saturated carbocycles. The minimum atomic E-state index is -0.0228. The molecule has 0 aliphatic carbocycles. The highest BCUT2D eigenvalue weighted by molar-refractivity contribution is 5.89. The molecule has 0 radical (unpaired) electrons. The molecule has 0 saturated heterocycles. The Bertz CT molecular complexity index is 589. The Kier molecular flexibility index (Phi) is 5.82. The van der Waals surface area contributed by atoms with Crippen LogP contribution >= 0.6 is 0 Å². The van der Waals surface area contributed by atoms with Gasteiger partial charge in [-0.25, -0.2) is 0 Å². The number of rotatable bonds is 8. The Balaban J connectivity index is 2.12. The summed E-state index contributed by atoms with van der Waals surface area (Å²) in [5.41, 5.74) is 7.17. The minimum absolute atomic E-state index is 0.0228. The highest BCUT2D eigenvalue weighted by atomic mass is 16.5. The van der Waals surface area contributed by atoms with Crippen molar-refractivity contribution in [1.82, 2.24) is 0 Å². The molecule has 0 aliphatic heterocycles. The lowest BCUT2D eigenvalue weighted by atomic mass is 10.0. The molecule has 0 aliphatic rings. The Labute approximate surface area is 127 Å². The Hall–Kier alpha value is -1.80. The zero-order valence-electron chi connectivity index (χ0n) is 12.8. The average molecular weight is 283 g/mol. The van der Waals surface area contributed by atoms with Crippen LogP contribution in [0, 0.1) is 0 Å². The fourth-order valence-electron chi connectivity index (χ4n) is 2.52. The second kappa shape index (κ2) is 7.84. The van der Waals surface area contributed by atoms with E-state index in [1.165, 1.54) is 18.2 Å². The van der Waals surface area contributed by atoms with Crippen molar-refractivity contribution in [2.75, 3.05) is 6.61 Å². The maximum absolute atomic E-state index is 6.09. The van der Waals surface area contributed by atoms with Crippen molar-refractivity contribution in [3.8, 4) is 5.75 Å². The summed E-state index contributed by atoms with van der Waals surface area (Å²) in [7, 11) is 0. The topological polar surface area (TPSA) is 35.2 Å².